The summed E-state index contributed by atoms with van der Waals surface area (Å²) in [6.07, 6.45) is -4.79. The lowest BCUT2D eigenvalue weighted by Crippen LogP contribution is -2.30. The van der Waals surface area contributed by atoms with Gasteiger partial charge in [0.05, 0.1) is 21.3 Å². The average molecular weight is 443 g/mol. The fraction of sp³-hybridized carbons (Fsp3) is 0.350. The molecule has 0 saturated carbocycles. The van der Waals surface area contributed by atoms with Gasteiger partial charge in [-0.1, -0.05) is 0 Å². The zero-order valence-electron chi connectivity index (χ0n) is 16.5. The molecule has 0 bridgehead atoms. The van der Waals surface area contributed by atoms with E-state index in [4.69, 9.17) is 14.2 Å². The Balaban J connectivity index is 1.88. The Morgan fingerprint density at radius 2 is 1.60 bits per heavy atom. The van der Waals surface area contributed by atoms with Crippen molar-refractivity contribution in [1.82, 2.24) is 4.90 Å². The highest BCUT2D eigenvalue weighted by Gasteiger charge is 2.35. The summed E-state index contributed by atoms with van der Waals surface area (Å²) in [6, 6.07) is 8.33. The van der Waals surface area contributed by atoms with Crippen molar-refractivity contribution >= 4 is 17.7 Å². The van der Waals surface area contributed by atoms with Crippen LogP contribution in [-0.2, 0) is 0 Å². The van der Waals surface area contributed by atoms with E-state index < -0.39 is 6.36 Å². The number of rotatable bonds is 6. The van der Waals surface area contributed by atoms with E-state index >= 15 is 0 Å². The summed E-state index contributed by atoms with van der Waals surface area (Å²) >= 11 is 1.56. The molecule has 1 unspecified atom stereocenters. The van der Waals surface area contributed by atoms with E-state index in [-0.39, 0.29) is 22.6 Å². The van der Waals surface area contributed by atoms with Gasteiger partial charge in [-0.3, -0.25) is 4.79 Å². The summed E-state index contributed by atoms with van der Waals surface area (Å²) in [5.41, 5.74) is 1.000. The molecule has 1 aliphatic heterocycles. The van der Waals surface area contributed by atoms with Gasteiger partial charge in [0.1, 0.15) is 16.9 Å². The van der Waals surface area contributed by atoms with Gasteiger partial charge in [-0.15, -0.1) is 24.9 Å². The summed E-state index contributed by atoms with van der Waals surface area (Å²) in [6.45, 7) is 0.479. The van der Waals surface area contributed by atoms with Crippen LogP contribution in [0, 0.1) is 0 Å². The first-order chi connectivity index (χ1) is 14.3. The Bertz CT molecular complexity index is 905. The first-order valence-corrected chi connectivity index (χ1v) is 9.90. The molecule has 0 radical (unpaired) electrons. The van der Waals surface area contributed by atoms with Crippen molar-refractivity contribution in [2.24, 2.45) is 0 Å². The monoisotopic (exact) mass is 443 g/mol. The highest BCUT2D eigenvalue weighted by atomic mass is 32.2. The second kappa shape index (κ2) is 8.95. The van der Waals surface area contributed by atoms with Crippen LogP contribution in [0.3, 0.4) is 0 Å². The number of benzene rings is 2. The summed E-state index contributed by atoms with van der Waals surface area (Å²) in [5.74, 6) is 1.55. The number of halogens is 3. The maximum absolute atomic E-state index is 13.1. The van der Waals surface area contributed by atoms with Gasteiger partial charge in [0.25, 0.3) is 5.91 Å². The van der Waals surface area contributed by atoms with Gasteiger partial charge < -0.3 is 23.8 Å². The second-order valence-electron chi connectivity index (χ2n) is 6.24. The van der Waals surface area contributed by atoms with Gasteiger partial charge in [-0.2, -0.15) is 0 Å². The molecule has 1 saturated heterocycles. The first-order valence-electron chi connectivity index (χ1n) is 8.85. The molecule has 0 aromatic heterocycles. The number of hydrogen-bond acceptors (Lipinski definition) is 6. The minimum atomic E-state index is -4.79. The van der Waals surface area contributed by atoms with Crippen molar-refractivity contribution in [3.63, 3.8) is 0 Å². The Hall–Kier alpha value is -2.75. The van der Waals surface area contributed by atoms with Crippen molar-refractivity contribution in [3.8, 4) is 23.0 Å². The number of methoxy groups -OCH3 is 3. The summed E-state index contributed by atoms with van der Waals surface area (Å²) < 4.78 is 57.0. The fourth-order valence-corrected chi connectivity index (χ4v) is 4.42. The van der Waals surface area contributed by atoms with Gasteiger partial charge in [-0.05, 0) is 30.3 Å². The molecule has 10 heteroatoms. The van der Waals surface area contributed by atoms with Crippen molar-refractivity contribution < 1.29 is 36.9 Å². The third-order valence-electron chi connectivity index (χ3n) is 4.49. The molecule has 2 aromatic rings. The summed E-state index contributed by atoms with van der Waals surface area (Å²) in [5, 5.41) is -0.349. The molecule has 6 nitrogen and oxygen atoms in total. The molecule has 1 amide bonds. The molecule has 1 atom stereocenters. The fourth-order valence-electron chi connectivity index (χ4n) is 3.15. The predicted octanol–water partition coefficient (Wildman–Crippen LogP) is 4.50. The van der Waals surface area contributed by atoms with Crippen LogP contribution in [-0.4, -0.2) is 50.8 Å². The lowest BCUT2D eigenvalue weighted by atomic mass is 10.1. The van der Waals surface area contributed by atoms with Crippen LogP contribution in [0.1, 0.15) is 21.3 Å². The minimum absolute atomic E-state index is 0.261. The third-order valence-corrected chi connectivity index (χ3v) is 5.73. The summed E-state index contributed by atoms with van der Waals surface area (Å²) in [7, 11) is 4.56. The molecular weight excluding hydrogens is 423 g/mol. The molecule has 30 heavy (non-hydrogen) atoms. The normalized spacial score (nSPS) is 16.3. The molecule has 0 aliphatic carbocycles. The maximum Gasteiger partial charge on any atom is 0.573 e. The number of ether oxygens (including phenoxy) is 4. The predicted molar refractivity (Wildman–Crippen MR) is 105 cm³/mol. The highest BCUT2D eigenvalue weighted by molar-refractivity contribution is 7.99. The third kappa shape index (κ3) is 4.69. The Kier molecular flexibility index (Phi) is 6.55. The van der Waals surface area contributed by atoms with E-state index in [2.05, 4.69) is 4.74 Å². The summed E-state index contributed by atoms with van der Waals surface area (Å²) in [4.78, 5) is 14.7. The van der Waals surface area contributed by atoms with Gasteiger partial charge >= 0.3 is 6.36 Å². The molecule has 162 valence electrons. The van der Waals surface area contributed by atoms with Crippen LogP contribution in [0.5, 0.6) is 23.0 Å². The molecule has 2 aromatic carbocycles. The lowest BCUT2D eigenvalue weighted by Gasteiger charge is -2.26. The highest BCUT2D eigenvalue weighted by Crippen LogP contribution is 2.46. The largest absolute Gasteiger partial charge is 0.573 e. The molecular formula is C20H20F3NO5S. The molecule has 1 fully saturated rings. The number of hydrogen-bond donors (Lipinski definition) is 0. The SMILES string of the molecule is COc1cc(OC)c(C2SCCN2C(=O)c2ccc(OC(F)(F)F)cc2)cc1OC. The van der Waals surface area contributed by atoms with E-state index in [0.29, 0.717) is 29.5 Å². The zero-order chi connectivity index (χ0) is 21.9. The average Bonchev–Trinajstić information content (AvgIpc) is 3.21. The second-order valence-corrected chi connectivity index (χ2v) is 7.43. The van der Waals surface area contributed by atoms with Gasteiger partial charge in [0.15, 0.2) is 11.5 Å². The van der Waals surface area contributed by atoms with Crippen molar-refractivity contribution in [3.05, 3.63) is 47.5 Å². The van der Waals surface area contributed by atoms with Crippen molar-refractivity contribution in [1.29, 1.82) is 0 Å². The van der Waals surface area contributed by atoms with Gasteiger partial charge in [-0.25, -0.2) is 0 Å². The van der Waals surface area contributed by atoms with Crippen molar-refractivity contribution in [2.75, 3.05) is 33.6 Å². The van der Waals surface area contributed by atoms with E-state index in [1.54, 1.807) is 28.8 Å². The van der Waals surface area contributed by atoms with E-state index in [0.717, 1.165) is 17.7 Å². The maximum atomic E-state index is 13.1. The van der Waals surface area contributed by atoms with E-state index in [1.807, 2.05) is 0 Å². The van der Waals surface area contributed by atoms with Gasteiger partial charge in [0, 0.05) is 29.5 Å². The number of alkyl halides is 3. The van der Waals surface area contributed by atoms with Crippen LogP contribution in [0.4, 0.5) is 13.2 Å². The quantitative estimate of drug-likeness (QED) is 0.655. The number of thioether (sulfide) groups is 1. The smallest absolute Gasteiger partial charge is 0.496 e. The number of amides is 1. The Labute approximate surface area is 175 Å². The first kappa shape index (κ1) is 21.9. The zero-order valence-corrected chi connectivity index (χ0v) is 17.3. The van der Waals surface area contributed by atoms with Gasteiger partial charge in [0.2, 0.25) is 0 Å². The molecule has 1 heterocycles. The van der Waals surface area contributed by atoms with Crippen LogP contribution < -0.4 is 18.9 Å². The Morgan fingerprint density at radius 1 is 1.00 bits per heavy atom. The number of carbonyl (C=O) groups excluding carboxylic acids is 1. The number of carbonyl (C=O) groups is 1. The lowest BCUT2D eigenvalue weighted by molar-refractivity contribution is -0.274. The Morgan fingerprint density at radius 3 is 2.17 bits per heavy atom. The van der Waals surface area contributed by atoms with E-state index in [1.165, 1.54) is 33.5 Å². The number of nitrogens with zero attached hydrogens (tertiary/aromatic N) is 1. The molecule has 1 aliphatic rings. The van der Waals surface area contributed by atoms with Crippen molar-refractivity contribution in [2.45, 2.75) is 11.7 Å². The molecule has 3 rings (SSSR count). The van der Waals surface area contributed by atoms with Crippen LogP contribution in [0.2, 0.25) is 0 Å². The molecule has 0 N–H and O–H groups in total. The minimum Gasteiger partial charge on any atom is -0.496 e. The standard InChI is InChI=1S/C20H20F3NO5S/c1-26-15-11-17(28-3)16(27-2)10-14(15)19-24(8-9-30-19)18(25)12-4-6-13(7-5-12)29-20(21,22)23/h4-7,10-11,19H,8-9H2,1-3H3. The van der Waals surface area contributed by atoms with Crippen LogP contribution in [0.25, 0.3) is 0 Å². The molecule has 0 spiro atoms. The van der Waals surface area contributed by atoms with E-state index in [9.17, 15) is 18.0 Å². The topological polar surface area (TPSA) is 57.2 Å². The van der Waals surface area contributed by atoms with Crippen LogP contribution in [0.15, 0.2) is 36.4 Å². The van der Waals surface area contributed by atoms with Crippen LogP contribution >= 0.6 is 11.8 Å².